The summed E-state index contributed by atoms with van der Waals surface area (Å²) in [6, 6.07) is 15.9. The second-order valence-electron chi connectivity index (χ2n) is 7.67. The van der Waals surface area contributed by atoms with Gasteiger partial charge < -0.3 is 24.8 Å². The van der Waals surface area contributed by atoms with E-state index in [2.05, 4.69) is 5.32 Å². The van der Waals surface area contributed by atoms with Crippen LogP contribution in [0.2, 0.25) is 0 Å². The minimum Gasteiger partial charge on any atom is -0.502 e. The largest absolute Gasteiger partial charge is 0.502 e. The molecule has 2 heterocycles. The number of anilines is 1. The van der Waals surface area contributed by atoms with Gasteiger partial charge in [0.2, 0.25) is 5.43 Å². The third-order valence-corrected chi connectivity index (χ3v) is 5.30. The summed E-state index contributed by atoms with van der Waals surface area (Å²) >= 11 is 0. The first kappa shape index (κ1) is 22.9. The summed E-state index contributed by atoms with van der Waals surface area (Å²) in [5.41, 5.74) is -0.991. The van der Waals surface area contributed by atoms with Gasteiger partial charge in [-0.3, -0.25) is 24.1 Å². The van der Waals surface area contributed by atoms with E-state index in [0.717, 1.165) is 0 Å². The van der Waals surface area contributed by atoms with E-state index in [4.69, 9.17) is 9.47 Å². The molecule has 0 radical (unpaired) electrons. The Balaban J connectivity index is 1.54. The fraction of sp³-hybridized carbons (Fsp3) is 0.208. The number of carbonyl (C=O) groups is 2. The maximum atomic E-state index is 12.8. The first-order valence-electron chi connectivity index (χ1n) is 10.5. The number of hydrogen-bond donors (Lipinski definition) is 2. The van der Waals surface area contributed by atoms with E-state index in [1.807, 2.05) is 30.3 Å². The molecule has 10 heteroatoms. The van der Waals surface area contributed by atoms with Gasteiger partial charge in [0.25, 0.3) is 11.8 Å². The van der Waals surface area contributed by atoms with Crippen molar-refractivity contribution in [3.05, 3.63) is 82.3 Å². The van der Waals surface area contributed by atoms with Crippen molar-refractivity contribution in [1.82, 2.24) is 9.58 Å². The standard InChI is InChI=1S/C24H24N4O6/c1-26-15-27(12-13-33-2)24(32)20-22(30)21(29)19(14-28(20)26)23(31)25-16-8-10-18(11-9-16)34-17-6-4-3-5-7-17/h3-11,14,30H,12-13,15H2,1-2H3,(H,25,31). The number of hydrogen-bond acceptors (Lipinski definition) is 7. The average Bonchev–Trinajstić information content (AvgIpc) is 2.84. The molecule has 0 bridgehead atoms. The normalized spacial score (nSPS) is 12.9. The van der Waals surface area contributed by atoms with E-state index in [-0.39, 0.29) is 17.9 Å². The van der Waals surface area contributed by atoms with Crippen LogP contribution >= 0.6 is 0 Å². The zero-order valence-corrected chi connectivity index (χ0v) is 18.7. The number of amides is 2. The number of aromatic nitrogens is 1. The quantitative estimate of drug-likeness (QED) is 0.551. The molecule has 0 aliphatic carbocycles. The molecule has 2 N–H and O–H groups in total. The summed E-state index contributed by atoms with van der Waals surface area (Å²) in [7, 11) is 3.19. The van der Waals surface area contributed by atoms with Crippen LogP contribution in [0, 0.1) is 0 Å². The number of ether oxygens (including phenoxy) is 2. The molecular formula is C24H24N4O6. The highest BCUT2D eigenvalue weighted by Gasteiger charge is 2.33. The van der Waals surface area contributed by atoms with Crippen LogP contribution in [0.25, 0.3) is 0 Å². The highest BCUT2D eigenvalue weighted by molar-refractivity contribution is 6.05. The predicted molar refractivity (Wildman–Crippen MR) is 125 cm³/mol. The molecule has 3 aromatic rings. The summed E-state index contributed by atoms with van der Waals surface area (Å²) < 4.78 is 12.1. The lowest BCUT2D eigenvalue weighted by molar-refractivity contribution is 0.0629. The lowest BCUT2D eigenvalue weighted by Crippen LogP contribution is -2.53. The maximum Gasteiger partial charge on any atom is 0.277 e. The average molecular weight is 464 g/mol. The Morgan fingerprint density at radius 2 is 1.74 bits per heavy atom. The minimum absolute atomic E-state index is 0.196. The lowest BCUT2D eigenvalue weighted by Gasteiger charge is -2.37. The van der Waals surface area contributed by atoms with E-state index < -0.39 is 23.0 Å². The Bertz CT molecular complexity index is 1260. The van der Waals surface area contributed by atoms with Gasteiger partial charge >= 0.3 is 0 Å². The molecular weight excluding hydrogens is 440 g/mol. The van der Waals surface area contributed by atoms with Crippen molar-refractivity contribution in [1.29, 1.82) is 0 Å². The number of benzene rings is 2. The van der Waals surface area contributed by atoms with E-state index in [1.54, 1.807) is 36.3 Å². The number of nitrogens with one attached hydrogen (secondary N) is 1. The number of para-hydroxylation sites is 1. The third-order valence-electron chi connectivity index (χ3n) is 5.30. The number of carbonyl (C=O) groups excluding carboxylic acids is 2. The number of fused-ring (bicyclic) bond motifs is 1. The van der Waals surface area contributed by atoms with Crippen molar-refractivity contribution in [3.63, 3.8) is 0 Å². The van der Waals surface area contributed by atoms with Gasteiger partial charge in [-0.2, -0.15) is 0 Å². The van der Waals surface area contributed by atoms with E-state index in [0.29, 0.717) is 30.3 Å². The summed E-state index contributed by atoms with van der Waals surface area (Å²) in [5.74, 6) is -0.760. The molecule has 0 saturated carbocycles. The highest BCUT2D eigenvalue weighted by Crippen LogP contribution is 2.24. The zero-order valence-electron chi connectivity index (χ0n) is 18.7. The summed E-state index contributed by atoms with van der Waals surface area (Å²) in [6.45, 7) is 0.793. The van der Waals surface area contributed by atoms with Gasteiger partial charge in [-0.1, -0.05) is 18.2 Å². The smallest absolute Gasteiger partial charge is 0.277 e. The molecule has 176 valence electrons. The maximum absolute atomic E-state index is 12.8. The predicted octanol–water partition coefficient (Wildman–Crippen LogP) is 2.23. The molecule has 0 atom stereocenters. The SMILES string of the molecule is COCCN1CN(C)n2cc(C(=O)Nc3ccc(Oc4ccccc4)cc3)c(=O)c(O)c2C1=O. The van der Waals surface area contributed by atoms with Gasteiger partial charge in [-0.15, -0.1) is 0 Å². The molecule has 2 aromatic carbocycles. The molecule has 2 amide bonds. The molecule has 4 rings (SSSR count). The second kappa shape index (κ2) is 9.67. The van der Waals surface area contributed by atoms with Crippen LogP contribution < -0.4 is 20.5 Å². The number of aromatic hydroxyl groups is 1. The number of rotatable bonds is 7. The van der Waals surface area contributed by atoms with Crippen molar-refractivity contribution in [3.8, 4) is 17.2 Å². The highest BCUT2D eigenvalue weighted by atomic mass is 16.5. The lowest BCUT2D eigenvalue weighted by atomic mass is 10.1. The Labute approximate surface area is 195 Å². The van der Waals surface area contributed by atoms with Crippen molar-refractivity contribution in [2.24, 2.45) is 0 Å². The van der Waals surface area contributed by atoms with Gasteiger partial charge in [0.1, 0.15) is 23.7 Å². The summed E-state index contributed by atoms with van der Waals surface area (Å²) in [6.07, 6.45) is 1.26. The van der Waals surface area contributed by atoms with Crippen molar-refractivity contribution in [2.45, 2.75) is 0 Å². The Morgan fingerprint density at radius 1 is 1.06 bits per heavy atom. The van der Waals surface area contributed by atoms with E-state index >= 15 is 0 Å². The van der Waals surface area contributed by atoms with Gasteiger partial charge in [-0.25, -0.2) is 0 Å². The van der Waals surface area contributed by atoms with Crippen LogP contribution in [-0.2, 0) is 4.74 Å². The summed E-state index contributed by atoms with van der Waals surface area (Å²) in [4.78, 5) is 39.8. The molecule has 1 aliphatic heterocycles. The monoisotopic (exact) mass is 464 g/mol. The molecule has 34 heavy (non-hydrogen) atoms. The van der Waals surface area contributed by atoms with Crippen LogP contribution in [0.4, 0.5) is 5.69 Å². The zero-order chi connectivity index (χ0) is 24.2. The number of methoxy groups -OCH3 is 1. The molecule has 0 saturated heterocycles. The second-order valence-corrected chi connectivity index (χ2v) is 7.67. The van der Waals surface area contributed by atoms with Gasteiger partial charge in [0.05, 0.1) is 6.61 Å². The van der Waals surface area contributed by atoms with Crippen molar-refractivity contribution >= 4 is 17.5 Å². The Morgan fingerprint density at radius 3 is 2.41 bits per heavy atom. The third kappa shape index (κ3) is 4.57. The van der Waals surface area contributed by atoms with Gasteiger partial charge in [-0.05, 0) is 36.4 Å². The van der Waals surface area contributed by atoms with Crippen LogP contribution in [0.1, 0.15) is 20.8 Å². The van der Waals surface area contributed by atoms with Crippen molar-refractivity contribution < 1.29 is 24.2 Å². The summed E-state index contributed by atoms with van der Waals surface area (Å²) in [5, 5.41) is 14.8. The number of pyridine rings is 1. The molecule has 1 aromatic heterocycles. The van der Waals surface area contributed by atoms with Gasteiger partial charge in [0, 0.05) is 32.6 Å². The molecule has 0 fully saturated rings. The van der Waals surface area contributed by atoms with E-state index in [1.165, 1.54) is 22.9 Å². The minimum atomic E-state index is -0.928. The molecule has 1 aliphatic rings. The first-order valence-corrected chi connectivity index (χ1v) is 10.5. The van der Waals surface area contributed by atoms with Crippen LogP contribution in [0.15, 0.2) is 65.6 Å². The van der Waals surface area contributed by atoms with Crippen LogP contribution in [0.3, 0.4) is 0 Å². The topological polar surface area (TPSA) is 113 Å². The molecule has 0 spiro atoms. The van der Waals surface area contributed by atoms with Crippen LogP contribution in [0.5, 0.6) is 17.2 Å². The van der Waals surface area contributed by atoms with E-state index in [9.17, 15) is 19.5 Å². The number of nitrogens with zero attached hydrogens (tertiary/aromatic N) is 3. The Hall–Kier alpha value is -4.31. The molecule has 0 unspecified atom stereocenters. The Kier molecular flexibility index (Phi) is 6.51. The fourth-order valence-electron chi connectivity index (χ4n) is 3.55. The van der Waals surface area contributed by atoms with Crippen LogP contribution in [-0.4, -0.2) is 60.5 Å². The fourth-order valence-corrected chi connectivity index (χ4v) is 3.55. The van der Waals surface area contributed by atoms with Crippen molar-refractivity contribution in [2.75, 3.05) is 44.3 Å². The molecule has 10 nitrogen and oxygen atoms in total. The van der Waals surface area contributed by atoms with Gasteiger partial charge in [0.15, 0.2) is 11.4 Å². The first-order chi connectivity index (χ1) is 16.4.